The molecule has 14 heavy (non-hydrogen) atoms. The smallest absolute Gasteiger partial charge is 0.225 e. The molecule has 1 heterocycles. The molecule has 3 nitrogen and oxygen atoms in total. The predicted molar refractivity (Wildman–Crippen MR) is 55.7 cm³/mol. The molecule has 1 aliphatic heterocycles. The maximum atomic E-state index is 11.9. The van der Waals surface area contributed by atoms with Crippen molar-refractivity contribution in [1.82, 2.24) is 4.90 Å². The summed E-state index contributed by atoms with van der Waals surface area (Å²) >= 11 is 0. The summed E-state index contributed by atoms with van der Waals surface area (Å²) in [5, 5.41) is 0. The van der Waals surface area contributed by atoms with E-state index >= 15 is 0 Å². The number of piperidine rings is 1. The van der Waals surface area contributed by atoms with Crippen LogP contribution in [0.2, 0.25) is 0 Å². The first-order valence-electron chi connectivity index (χ1n) is 5.80. The minimum absolute atomic E-state index is 0.365. The third-order valence-electron chi connectivity index (χ3n) is 3.71. The van der Waals surface area contributed by atoms with E-state index in [-0.39, 0.29) is 0 Å². The standard InChI is InChI=1S/C11H20N2O/c12-8-9-4-6-13(7-5-9)11(14)10-2-1-3-10/h9-10H,1-8,12H2. The summed E-state index contributed by atoms with van der Waals surface area (Å²) in [4.78, 5) is 13.9. The number of rotatable bonds is 2. The highest BCUT2D eigenvalue weighted by Crippen LogP contribution is 2.29. The molecule has 2 rings (SSSR count). The molecule has 0 aromatic heterocycles. The molecule has 0 bridgehead atoms. The predicted octanol–water partition coefficient (Wildman–Crippen LogP) is 0.984. The number of amides is 1. The molecule has 1 saturated carbocycles. The molecule has 2 aliphatic rings. The summed E-state index contributed by atoms with van der Waals surface area (Å²) in [5.41, 5.74) is 5.62. The summed E-state index contributed by atoms with van der Waals surface area (Å²) in [6, 6.07) is 0. The van der Waals surface area contributed by atoms with Gasteiger partial charge in [-0.1, -0.05) is 6.42 Å². The van der Waals surface area contributed by atoms with Gasteiger partial charge >= 0.3 is 0 Å². The van der Waals surface area contributed by atoms with E-state index in [4.69, 9.17) is 5.73 Å². The van der Waals surface area contributed by atoms with Crippen molar-refractivity contribution in [2.75, 3.05) is 19.6 Å². The summed E-state index contributed by atoms with van der Waals surface area (Å²) in [6.45, 7) is 2.67. The van der Waals surface area contributed by atoms with Gasteiger partial charge in [0.25, 0.3) is 0 Å². The van der Waals surface area contributed by atoms with Crippen LogP contribution in [0.25, 0.3) is 0 Å². The highest BCUT2D eigenvalue weighted by Gasteiger charge is 2.31. The van der Waals surface area contributed by atoms with Crippen molar-refractivity contribution in [1.29, 1.82) is 0 Å². The van der Waals surface area contributed by atoms with E-state index in [1.54, 1.807) is 0 Å². The highest BCUT2D eigenvalue weighted by atomic mass is 16.2. The highest BCUT2D eigenvalue weighted by molar-refractivity contribution is 5.79. The van der Waals surface area contributed by atoms with E-state index in [1.165, 1.54) is 6.42 Å². The third kappa shape index (κ3) is 1.92. The van der Waals surface area contributed by atoms with Crippen LogP contribution in [0.3, 0.4) is 0 Å². The Morgan fingerprint density at radius 1 is 1.21 bits per heavy atom. The molecule has 80 valence electrons. The van der Waals surface area contributed by atoms with Crippen LogP contribution >= 0.6 is 0 Å². The summed E-state index contributed by atoms with van der Waals surface area (Å²) in [6.07, 6.45) is 5.70. The van der Waals surface area contributed by atoms with Crippen LogP contribution in [-0.2, 0) is 4.79 Å². The van der Waals surface area contributed by atoms with Gasteiger partial charge in [0.15, 0.2) is 0 Å². The van der Waals surface area contributed by atoms with Gasteiger partial charge in [0.2, 0.25) is 5.91 Å². The van der Waals surface area contributed by atoms with E-state index < -0.39 is 0 Å². The number of likely N-dealkylation sites (tertiary alicyclic amines) is 1. The van der Waals surface area contributed by atoms with Gasteiger partial charge in [-0.25, -0.2) is 0 Å². The van der Waals surface area contributed by atoms with Crippen molar-refractivity contribution < 1.29 is 4.79 Å². The first-order chi connectivity index (χ1) is 6.81. The summed E-state index contributed by atoms with van der Waals surface area (Å²) in [7, 11) is 0. The van der Waals surface area contributed by atoms with Crippen molar-refractivity contribution in [3.63, 3.8) is 0 Å². The van der Waals surface area contributed by atoms with E-state index in [2.05, 4.69) is 4.90 Å². The van der Waals surface area contributed by atoms with Gasteiger partial charge in [0.05, 0.1) is 0 Å². The van der Waals surface area contributed by atoms with Gasteiger partial charge in [0.1, 0.15) is 0 Å². The first kappa shape index (κ1) is 9.97. The monoisotopic (exact) mass is 196 g/mol. The zero-order valence-electron chi connectivity index (χ0n) is 8.74. The SMILES string of the molecule is NCC1CCN(C(=O)C2CCC2)CC1. The lowest BCUT2D eigenvalue weighted by Gasteiger charge is -2.36. The lowest BCUT2D eigenvalue weighted by molar-refractivity contribution is -0.139. The van der Waals surface area contributed by atoms with Crippen molar-refractivity contribution >= 4 is 5.91 Å². The molecule has 0 spiro atoms. The molecule has 0 aromatic carbocycles. The van der Waals surface area contributed by atoms with Crippen molar-refractivity contribution in [3.8, 4) is 0 Å². The number of hydrogen-bond acceptors (Lipinski definition) is 2. The number of carbonyl (C=O) groups excluding carboxylic acids is 1. The number of nitrogens with zero attached hydrogens (tertiary/aromatic N) is 1. The van der Waals surface area contributed by atoms with Crippen LogP contribution < -0.4 is 5.73 Å². The van der Waals surface area contributed by atoms with Crippen LogP contribution in [0.5, 0.6) is 0 Å². The Bertz CT molecular complexity index is 205. The molecule has 1 aliphatic carbocycles. The Hall–Kier alpha value is -0.570. The molecule has 1 amide bonds. The fourth-order valence-corrected chi connectivity index (χ4v) is 2.30. The molecule has 0 aromatic rings. The van der Waals surface area contributed by atoms with E-state index in [0.29, 0.717) is 17.7 Å². The molecular weight excluding hydrogens is 176 g/mol. The van der Waals surface area contributed by atoms with Crippen LogP contribution in [-0.4, -0.2) is 30.4 Å². The lowest BCUT2D eigenvalue weighted by Crippen LogP contribution is -2.44. The van der Waals surface area contributed by atoms with Gasteiger partial charge in [-0.05, 0) is 38.1 Å². The fraction of sp³-hybridized carbons (Fsp3) is 0.909. The maximum Gasteiger partial charge on any atom is 0.225 e. The van der Waals surface area contributed by atoms with E-state index in [1.807, 2.05) is 0 Å². The normalized spacial score (nSPS) is 24.8. The molecule has 3 heteroatoms. The minimum atomic E-state index is 0.365. The number of nitrogens with two attached hydrogens (primary N) is 1. The van der Waals surface area contributed by atoms with Crippen molar-refractivity contribution in [3.05, 3.63) is 0 Å². The minimum Gasteiger partial charge on any atom is -0.342 e. The quantitative estimate of drug-likeness (QED) is 0.715. The van der Waals surface area contributed by atoms with Crippen LogP contribution in [0.1, 0.15) is 32.1 Å². The molecule has 1 saturated heterocycles. The van der Waals surface area contributed by atoms with E-state index in [0.717, 1.165) is 45.3 Å². The Morgan fingerprint density at radius 2 is 1.86 bits per heavy atom. The zero-order valence-corrected chi connectivity index (χ0v) is 8.74. The summed E-state index contributed by atoms with van der Waals surface area (Å²) < 4.78 is 0. The Kier molecular flexibility index (Phi) is 3.06. The molecule has 0 radical (unpaired) electrons. The number of hydrogen-bond donors (Lipinski definition) is 1. The second-order valence-corrected chi connectivity index (χ2v) is 4.63. The van der Waals surface area contributed by atoms with E-state index in [9.17, 15) is 4.79 Å². The van der Waals surface area contributed by atoms with Crippen LogP contribution in [0.15, 0.2) is 0 Å². The second kappa shape index (κ2) is 4.30. The molecule has 0 atom stereocenters. The molecule has 2 N–H and O–H groups in total. The second-order valence-electron chi connectivity index (χ2n) is 4.63. The zero-order chi connectivity index (χ0) is 9.97. The van der Waals surface area contributed by atoms with Crippen molar-refractivity contribution in [2.24, 2.45) is 17.6 Å². The maximum absolute atomic E-state index is 11.9. The van der Waals surface area contributed by atoms with Crippen LogP contribution in [0, 0.1) is 11.8 Å². The summed E-state index contributed by atoms with van der Waals surface area (Å²) in [5.74, 6) is 1.43. The Balaban J connectivity index is 1.79. The average Bonchev–Trinajstić information content (AvgIpc) is 2.15. The average molecular weight is 196 g/mol. The van der Waals surface area contributed by atoms with Crippen LogP contribution in [0.4, 0.5) is 0 Å². The van der Waals surface area contributed by atoms with Gasteiger partial charge in [-0.2, -0.15) is 0 Å². The van der Waals surface area contributed by atoms with Gasteiger partial charge in [-0.15, -0.1) is 0 Å². The Labute approximate surface area is 85.6 Å². The fourth-order valence-electron chi connectivity index (χ4n) is 2.30. The molecule has 0 unspecified atom stereocenters. The Morgan fingerprint density at radius 3 is 2.29 bits per heavy atom. The first-order valence-corrected chi connectivity index (χ1v) is 5.80. The topological polar surface area (TPSA) is 46.3 Å². The lowest BCUT2D eigenvalue weighted by atomic mass is 9.83. The largest absolute Gasteiger partial charge is 0.342 e. The van der Waals surface area contributed by atoms with Gasteiger partial charge < -0.3 is 10.6 Å². The van der Waals surface area contributed by atoms with Crippen molar-refractivity contribution in [2.45, 2.75) is 32.1 Å². The third-order valence-corrected chi connectivity index (χ3v) is 3.71. The molecule has 2 fully saturated rings. The molecular formula is C11H20N2O. The number of carbonyl (C=O) groups is 1. The van der Waals surface area contributed by atoms with Gasteiger partial charge in [-0.3, -0.25) is 4.79 Å². The van der Waals surface area contributed by atoms with Gasteiger partial charge in [0, 0.05) is 19.0 Å².